The van der Waals surface area contributed by atoms with Crippen molar-refractivity contribution in [1.29, 1.82) is 0 Å². The molecule has 1 N–H and O–H groups in total. The van der Waals surface area contributed by atoms with Crippen molar-refractivity contribution in [2.24, 2.45) is 0 Å². The molecular weight excluding hydrogens is 130 g/mol. The van der Waals surface area contributed by atoms with Gasteiger partial charge in [-0.1, -0.05) is 0 Å². The van der Waals surface area contributed by atoms with Crippen LogP contribution in [0.2, 0.25) is 0 Å². The molecule has 55 valence electrons. The molecule has 0 atom stereocenters. The van der Waals surface area contributed by atoms with Crippen molar-refractivity contribution in [1.82, 2.24) is 15.9 Å². The fourth-order valence-electron chi connectivity index (χ4n) is 1.27. The predicted molar refractivity (Wildman–Crippen MR) is 35.2 cm³/mol. The minimum Gasteiger partial charge on any atom is -0.347 e. The highest BCUT2D eigenvalue weighted by Crippen LogP contribution is 2.15. The van der Waals surface area contributed by atoms with Crippen LogP contribution >= 0.6 is 0 Å². The molecule has 0 aromatic carbocycles. The van der Waals surface area contributed by atoms with E-state index in [2.05, 4.69) is 15.9 Å². The summed E-state index contributed by atoms with van der Waals surface area (Å²) in [5.74, 6) is 0.859. The van der Waals surface area contributed by atoms with Gasteiger partial charge in [0, 0.05) is 13.1 Å². The molecule has 0 aliphatic carbocycles. The fourth-order valence-corrected chi connectivity index (χ4v) is 1.27. The Morgan fingerprint density at radius 2 is 2.30 bits per heavy atom. The number of hydrogen-bond acceptors (Lipinski definition) is 3. The van der Waals surface area contributed by atoms with Crippen molar-refractivity contribution in [2.75, 3.05) is 13.1 Å². The van der Waals surface area contributed by atoms with Gasteiger partial charge in [-0.05, 0) is 12.8 Å². The summed E-state index contributed by atoms with van der Waals surface area (Å²) < 4.78 is 0. The van der Waals surface area contributed by atoms with Crippen molar-refractivity contribution >= 4 is 0 Å². The Balaban J connectivity index is 1.97. The fraction of sp³-hybridized carbons (Fsp3) is 0.667. The van der Waals surface area contributed by atoms with Crippen LogP contribution in [0.3, 0.4) is 0 Å². The molecule has 0 aromatic heterocycles. The zero-order valence-corrected chi connectivity index (χ0v) is 5.71. The highest BCUT2D eigenvalue weighted by molar-refractivity contribution is 4.94. The molecule has 1 fully saturated rings. The average molecular weight is 140 g/mol. The zero-order valence-electron chi connectivity index (χ0n) is 5.71. The summed E-state index contributed by atoms with van der Waals surface area (Å²) in [7, 11) is 0. The Hall–Kier alpha value is -0.900. The third-order valence-electron chi connectivity index (χ3n) is 1.80. The molecule has 0 bridgehead atoms. The van der Waals surface area contributed by atoms with E-state index in [1.54, 1.807) is 6.20 Å². The van der Waals surface area contributed by atoms with E-state index >= 15 is 0 Å². The Morgan fingerprint density at radius 1 is 1.50 bits per heavy atom. The molecule has 1 saturated heterocycles. The summed E-state index contributed by atoms with van der Waals surface area (Å²) in [6.45, 7) is 2.20. The maximum Gasteiger partial charge on any atom is 0.236 e. The van der Waals surface area contributed by atoms with E-state index in [0.29, 0.717) is 0 Å². The smallest absolute Gasteiger partial charge is 0.236 e. The topological polar surface area (TPSA) is 38.6 Å². The molecule has 0 aromatic rings. The van der Waals surface area contributed by atoms with Gasteiger partial charge < -0.3 is 9.74 Å². The highest BCUT2D eigenvalue weighted by Gasteiger charge is 2.18. The lowest BCUT2D eigenvalue weighted by Gasteiger charge is -2.14. The second kappa shape index (κ2) is 2.38. The van der Waals surface area contributed by atoms with Crippen molar-refractivity contribution in [2.45, 2.75) is 12.8 Å². The molecule has 0 spiro atoms. The predicted octanol–water partition coefficient (Wildman–Crippen LogP) is -0.0647. The molecule has 2 aliphatic rings. The maximum atomic E-state index is 4.94. The second-order valence-corrected chi connectivity index (χ2v) is 2.49. The number of nitrogens with zero attached hydrogens (tertiary/aromatic N) is 2. The Bertz CT molecular complexity index is 151. The largest absolute Gasteiger partial charge is 0.347 e. The summed E-state index contributed by atoms with van der Waals surface area (Å²) in [5, 5.41) is 0. The van der Waals surface area contributed by atoms with Crippen LogP contribution in [0.1, 0.15) is 12.8 Å². The molecule has 0 saturated carbocycles. The SMILES string of the molecule is C1=C(N2CCCC2)O[N]N1. The molecule has 4 nitrogen and oxygen atoms in total. The van der Waals surface area contributed by atoms with Crippen LogP contribution in [-0.2, 0) is 4.84 Å². The van der Waals surface area contributed by atoms with E-state index in [0.717, 1.165) is 19.0 Å². The van der Waals surface area contributed by atoms with E-state index in [1.165, 1.54) is 12.8 Å². The lowest BCUT2D eigenvalue weighted by Crippen LogP contribution is -2.19. The first-order valence-electron chi connectivity index (χ1n) is 3.54. The van der Waals surface area contributed by atoms with Gasteiger partial charge in [-0.15, -0.1) is 0 Å². The van der Waals surface area contributed by atoms with E-state index < -0.39 is 0 Å². The van der Waals surface area contributed by atoms with E-state index in [4.69, 9.17) is 4.84 Å². The van der Waals surface area contributed by atoms with Gasteiger partial charge in [0.25, 0.3) is 0 Å². The highest BCUT2D eigenvalue weighted by atomic mass is 16.7. The molecule has 1 radical (unpaired) electrons. The zero-order chi connectivity index (χ0) is 6.81. The molecule has 0 unspecified atom stereocenters. The van der Waals surface area contributed by atoms with Crippen molar-refractivity contribution in [3.8, 4) is 0 Å². The van der Waals surface area contributed by atoms with E-state index in [9.17, 15) is 0 Å². The van der Waals surface area contributed by atoms with Crippen LogP contribution in [0, 0.1) is 0 Å². The summed E-state index contributed by atoms with van der Waals surface area (Å²) in [5.41, 5.74) is 6.17. The van der Waals surface area contributed by atoms with Crippen LogP contribution in [0.25, 0.3) is 0 Å². The molecule has 0 amide bonds. The average Bonchev–Trinajstić information content (AvgIpc) is 2.59. The van der Waals surface area contributed by atoms with Gasteiger partial charge in [0.15, 0.2) is 0 Å². The molecule has 2 heterocycles. The van der Waals surface area contributed by atoms with E-state index in [1.807, 2.05) is 0 Å². The van der Waals surface area contributed by atoms with Gasteiger partial charge in [-0.2, -0.15) is 0 Å². The van der Waals surface area contributed by atoms with Gasteiger partial charge in [-0.25, -0.2) is 0 Å². The Labute approximate surface area is 59.8 Å². The Kier molecular flexibility index (Phi) is 1.39. The lowest BCUT2D eigenvalue weighted by atomic mass is 10.4. The Morgan fingerprint density at radius 3 is 2.90 bits per heavy atom. The molecule has 10 heavy (non-hydrogen) atoms. The van der Waals surface area contributed by atoms with Crippen molar-refractivity contribution in [3.05, 3.63) is 12.1 Å². The summed E-state index contributed by atoms with van der Waals surface area (Å²) in [4.78, 5) is 7.12. The minimum atomic E-state index is 0.859. The molecule has 2 aliphatic heterocycles. The van der Waals surface area contributed by atoms with Crippen LogP contribution in [0.4, 0.5) is 0 Å². The first-order chi connectivity index (χ1) is 4.97. The number of hydrogen-bond donors (Lipinski definition) is 1. The maximum absolute atomic E-state index is 4.94. The first kappa shape index (κ1) is 5.85. The monoisotopic (exact) mass is 140 g/mol. The van der Waals surface area contributed by atoms with Gasteiger partial charge in [0.05, 0.1) is 11.8 Å². The number of nitrogens with one attached hydrogen (secondary N) is 1. The molecule has 4 heteroatoms. The number of rotatable bonds is 1. The molecule has 2 rings (SSSR count). The van der Waals surface area contributed by atoms with Crippen molar-refractivity contribution in [3.63, 3.8) is 0 Å². The minimum absolute atomic E-state index is 0.859. The van der Waals surface area contributed by atoms with Gasteiger partial charge in [-0.3, -0.25) is 5.43 Å². The first-order valence-corrected chi connectivity index (χ1v) is 3.54. The summed E-state index contributed by atoms with van der Waals surface area (Å²) in [6.07, 6.45) is 4.31. The third kappa shape index (κ3) is 0.903. The normalized spacial score (nSPS) is 24.0. The third-order valence-corrected chi connectivity index (χ3v) is 1.80. The van der Waals surface area contributed by atoms with Crippen LogP contribution < -0.4 is 11.0 Å². The second-order valence-electron chi connectivity index (χ2n) is 2.49. The quantitative estimate of drug-likeness (QED) is 0.554. The van der Waals surface area contributed by atoms with Crippen LogP contribution in [-0.4, -0.2) is 18.0 Å². The van der Waals surface area contributed by atoms with Gasteiger partial charge in [0.1, 0.15) is 0 Å². The van der Waals surface area contributed by atoms with Crippen LogP contribution in [0.5, 0.6) is 0 Å². The van der Waals surface area contributed by atoms with Crippen molar-refractivity contribution < 1.29 is 4.84 Å². The van der Waals surface area contributed by atoms with E-state index in [-0.39, 0.29) is 0 Å². The van der Waals surface area contributed by atoms with Gasteiger partial charge >= 0.3 is 0 Å². The lowest BCUT2D eigenvalue weighted by molar-refractivity contribution is 0.0518. The van der Waals surface area contributed by atoms with Gasteiger partial charge in [0.2, 0.25) is 5.88 Å². The summed E-state index contributed by atoms with van der Waals surface area (Å²) in [6, 6.07) is 0. The summed E-state index contributed by atoms with van der Waals surface area (Å²) >= 11 is 0. The molecular formula is C6H10N3O. The standard InChI is InChI=1S/C6H10N3O/c1-2-4-9(3-1)6-5-7-8-10-6/h5,7H,1-4H2. The number of likely N-dealkylation sites (tertiary alicyclic amines) is 1. The van der Waals surface area contributed by atoms with Crippen LogP contribution in [0.15, 0.2) is 12.1 Å².